The fraction of sp³-hybridized carbons (Fsp3) is 0.647. The summed E-state index contributed by atoms with van der Waals surface area (Å²) in [6.07, 6.45) is 3.87. The van der Waals surface area contributed by atoms with Gasteiger partial charge in [0.1, 0.15) is 12.4 Å². The van der Waals surface area contributed by atoms with E-state index in [9.17, 15) is 0 Å². The van der Waals surface area contributed by atoms with Gasteiger partial charge < -0.3 is 14.8 Å². The first-order chi connectivity index (χ1) is 9.67. The van der Waals surface area contributed by atoms with Crippen LogP contribution < -0.4 is 10.1 Å². The first-order valence-corrected chi connectivity index (χ1v) is 7.78. The zero-order valence-corrected chi connectivity index (χ0v) is 12.9. The molecule has 1 aliphatic heterocycles. The second kappa shape index (κ2) is 7.65. The lowest BCUT2D eigenvalue weighted by Gasteiger charge is -2.16. The zero-order chi connectivity index (χ0) is 14.4. The van der Waals surface area contributed by atoms with Gasteiger partial charge in [0.2, 0.25) is 0 Å². The van der Waals surface area contributed by atoms with Crippen molar-refractivity contribution in [2.75, 3.05) is 13.2 Å². The normalized spacial score (nSPS) is 22.4. The van der Waals surface area contributed by atoms with Crippen molar-refractivity contribution in [3.63, 3.8) is 0 Å². The molecule has 1 aliphatic rings. The summed E-state index contributed by atoms with van der Waals surface area (Å²) >= 11 is 0. The molecule has 0 aromatic heterocycles. The minimum atomic E-state index is 0.236. The molecular weight excluding hydrogens is 250 g/mol. The van der Waals surface area contributed by atoms with Crippen LogP contribution in [0.1, 0.15) is 39.2 Å². The van der Waals surface area contributed by atoms with Gasteiger partial charge in [-0.05, 0) is 37.0 Å². The molecule has 2 atom stereocenters. The van der Waals surface area contributed by atoms with E-state index in [4.69, 9.17) is 9.47 Å². The molecule has 0 saturated carbocycles. The molecule has 1 N–H and O–H groups in total. The summed E-state index contributed by atoms with van der Waals surface area (Å²) in [5.41, 5.74) is 1.34. The summed E-state index contributed by atoms with van der Waals surface area (Å²) < 4.78 is 11.8. The maximum absolute atomic E-state index is 5.99. The van der Waals surface area contributed by atoms with Crippen LogP contribution in [-0.2, 0) is 11.2 Å². The van der Waals surface area contributed by atoms with Crippen LogP contribution in [0.3, 0.4) is 0 Å². The van der Waals surface area contributed by atoms with Gasteiger partial charge in [-0.2, -0.15) is 0 Å². The van der Waals surface area contributed by atoms with Crippen LogP contribution in [0.4, 0.5) is 0 Å². The Kier molecular flexibility index (Phi) is 5.86. The Balaban J connectivity index is 1.69. The highest BCUT2D eigenvalue weighted by Gasteiger charge is 2.25. The molecule has 0 amide bonds. The van der Waals surface area contributed by atoms with E-state index in [1.54, 1.807) is 0 Å². The quantitative estimate of drug-likeness (QED) is 0.830. The van der Waals surface area contributed by atoms with Gasteiger partial charge in [0.15, 0.2) is 0 Å². The highest BCUT2D eigenvalue weighted by atomic mass is 16.5. The summed E-state index contributed by atoms with van der Waals surface area (Å²) in [6.45, 7) is 8.08. The van der Waals surface area contributed by atoms with Gasteiger partial charge in [-0.25, -0.2) is 0 Å². The molecule has 1 aromatic rings. The Hall–Kier alpha value is -1.06. The van der Waals surface area contributed by atoms with Gasteiger partial charge in [0.25, 0.3) is 0 Å². The van der Waals surface area contributed by atoms with Crippen LogP contribution in [0.2, 0.25) is 0 Å². The fourth-order valence-corrected chi connectivity index (χ4v) is 2.43. The molecule has 2 rings (SSSR count). The third-order valence-electron chi connectivity index (χ3n) is 3.72. The Morgan fingerprint density at radius 2 is 1.90 bits per heavy atom. The minimum absolute atomic E-state index is 0.236. The van der Waals surface area contributed by atoms with Crippen LogP contribution in [0, 0.1) is 0 Å². The van der Waals surface area contributed by atoms with E-state index >= 15 is 0 Å². The SMILES string of the molecule is CCc1ccc(OCC2CCC(CNC(C)C)O2)cc1. The van der Waals surface area contributed by atoms with Crippen molar-refractivity contribution in [1.82, 2.24) is 5.32 Å². The molecule has 0 bridgehead atoms. The second-order valence-electron chi connectivity index (χ2n) is 5.83. The Labute approximate surface area is 122 Å². The van der Waals surface area contributed by atoms with Gasteiger partial charge >= 0.3 is 0 Å². The van der Waals surface area contributed by atoms with Crippen LogP contribution in [0.5, 0.6) is 5.75 Å². The Bertz CT molecular complexity index is 388. The van der Waals surface area contributed by atoms with Crippen LogP contribution >= 0.6 is 0 Å². The lowest BCUT2D eigenvalue weighted by Crippen LogP contribution is -2.32. The van der Waals surface area contributed by atoms with E-state index in [0.29, 0.717) is 18.8 Å². The van der Waals surface area contributed by atoms with E-state index in [-0.39, 0.29) is 6.10 Å². The van der Waals surface area contributed by atoms with E-state index < -0.39 is 0 Å². The largest absolute Gasteiger partial charge is 0.491 e. The molecule has 112 valence electrons. The maximum Gasteiger partial charge on any atom is 0.119 e. The van der Waals surface area contributed by atoms with Crippen molar-refractivity contribution in [1.29, 1.82) is 0 Å². The number of hydrogen-bond acceptors (Lipinski definition) is 3. The first-order valence-electron chi connectivity index (χ1n) is 7.78. The molecule has 0 aliphatic carbocycles. The van der Waals surface area contributed by atoms with Crippen molar-refractivity contribution in [2.45, 2.75) is 58.3 Å². The molecular formula is C17H27NO2. The minimum Gasteiger partial charge on any atom is -0.491 e. The van der Waals surface area contributed by atoms with Gasteiger partial charge in [-0.1, -0.05) is 32.9 Å². The molecule has 3 nitrogen and oxygen atoms in total. The van der Waals surface area contributed by atoms with Gasteiger partial charge in [-0.15, -0.1) is 0 Å². The predicted octanol–water partition coefficient (Wildman–Crippen LogP) is 3.17. The van der Waals surface area contributed by atoms with E-state index in [1.807, 2.05) is 12.1 Å². The molecule has 3 heteroatoms. The monoisotopic (exact) mass is 277 g/mol. The molecule has 1 saturated heterocycles. The first kappa shape index (κ1) is 15.3. The number of aryl methyl sites for hydroxylation is 1. The number of nitrogens with one attached hydrogen (secondary N) is 1. The predicted molar refractivity (Wildman–Crippen MR) is 82.3 cm³/mol. The summed E-state index contributed by atoms with van der Waals surface area (Å²) in [5, 5.41) is 3.43. The average molecular weight is 277 g/mol. The standard InChI is InChI=1S/C17H27NO2/c1-4-14-5-7-15(8-6-14)19-12-17-10-9-16(20-17)11-18-13(2)3/h5-8,13,16-18H,4,9-12H2,1-3H3. The second-order valence-corrected chi connectivity index (χ2v) is 5.83. The molecule has 20 heavy (non-hydrogen) atoms. The van der Waals surface area contributed by atoms with Crippen LogP contribution in [0.25, 0.3) is 0 Å². The summed E-state index contributed by atoms with van der Waals surface area (Å²) in [5.74, 6) is 0.939. The van der Waals surface area contributed by atoms with Crippen molar-refractivity contribution >= 4 is 0 Å². The van der Waals surface area contributed by atoms with Crippen LogP contribution in [0.15, 0.2) is 24.3 Å². The third-order valence-corrected chi connectivity index (χ3v) is 3.72. The summed E-state index contributed by atoms with van der Waals surface area (Å²) in [4.78, 5) is 0. The molecule has 2 unspecified atom stereocenters. The summed E-state index contributed by atoms with van der Waals surface area (Å²) in [6, 6.07) is 8.86. The number of rotatable bonds is 7. The van der Waals surface area contributed by atoms with Gasteiger partial charge in [0.05, 0.1) is 12.2 Å². The van der Waals surface area contributed by atoms with E-state index in [0.717, 1.165) is 31.6 Å². The molecule has 1 heterocycles. The Morgan fingerprint density at radius 3 is 2.55 bits per heavy atom. The van der Waals surface area contributed by atoms with Gasteiger partial charge in [0, 0.05) is 12.6 Å². The lowest BCUT2D eigenvalue weighted by atomic mass is 10.2. The summed E-state index contributed by atoms with van der Waals surface area (Å²) in [7, 11) is 0. The molecule has 0 spiro atoms. The topological polar surface area (TPSA) is 30.5 Å². The van der Waals surface area contributed by atoms with E-state index in [2.05, 4.69) is 38.2 Å². The smallest absolute Gasteiger partial charge is 0.119 e. The highest BCUT2D eigenvalue weighted by Crippen LogP contribution is 2.21. The highest BCUT2D eigenvalue weighted by molar-refractivity contribution is 5.27. The molecule has 1 aromatic carbocycles. The zero-order valence-electron chi connectivity index (χ0n) is 12.9. The number of hydrogen-bond donors (Lipinski definition) is 1. The molecule has 1 fully saturated rings. The molecule has 0 radical (unpaired) electrons. The number of benzene rings is 1. The fourth-order valence-electron chi connectivity index (χ4n) is 2.43. The number of ether oxygens (including phenoxy) is 2. The maximum atomic E-state index is 5.99. The lowest BCUT2D eigenvalue weighted by molar-refractivity contribution is 0.0178. The van der Waals surface area contributed by atoms with Crippen LogP contribution in [-0.4, -0.2) is 31.4 Å². The van der Waals surface area contributed by atoms with Crippen molar-refractivity contribution < 1.29 is 9.47 Å². The Morgan fingerprint density at radius 1 is 1.20 bits per heavy atom. The average Bonchev–Trinajstić information content (AvgIpc) is 2.91. The van der Waals surface area contributed by atoms with E-state index in [1.165, 1.54) is 5.56 Å². The van der Waals surface area contributed by atoms with Gasteiger partial charge in [-0.3, -0.25) is 0 Å². The van der Waals surface area contributed by atoms with Crippen molar-refractivity contribution in [2.24, 2.45) is 0 Å². The third kappa shape index (κ3) is 4.80. The van der Waals surface area contributed by atoms with Crippen molar-refractivity contribution in [3.05, 3.63) is 29.8 Å². The van der Waals surface area contributed by atoms with Crippen molar-refractivity contribution in [3.8, 4) is 5.75 Å².